The standard InChI is InChI=1S/C31H39F3N4O4/c1-29(26-27(35)42-26)15-24(39)17-38(29)28(40)22-5-3-21(4-6-22)23-7-8-25(36-16-23)41-18-20-9-13-37(14-10-20)19-30(11-2-12-30)31(32,33)34/h3-8,16,20,24,26-27,39H,2,9-15,17-19,35H2,1H3/t24-,26?,27?,29+/m1/s1. The van der Waals surface area contributed by atoms with Gasteiger partial charge in [0, 0.05) is 42.9 Å². The van der Waals surface area contributed by atoms with Crippen molar-refractivity contribution >= 4 is 5.91 Å². The first-order valence-electron chi connectivity index (χ1n) is 14.9. The van der Waals surface area contributed by atoms with Gasteiger partial charge in [0.05, 0.1) is 23.7 Å². The molecule has 6 rings (SSSR count). The van der Waals surface area contributed by atoms with Crippen LogP contribution in [0.5, 0.6) is 5.88 Å². The predicted molar refractivity (Wildman–Crippen MR) is 150 cm³/mol. The van der Waals surface area contributed by atoms with Crippen LogP contribution in [0.15, 0.2) is 42.6 Å². The van der Waals surface area contributed by atoms with Crippen molar-refractivity contribution in [2.24, 2.45) is 17.1 Å². The highest BCUT2D eigenvalue weighted by Gasteiger charge is 2.59. The second-order valence-electron chi connectivity index (χ2n) is 12.8. The van der Waals surface area contributed by atoms with Crippen molar-refractivity contribution in [3.8, 4) is 17.0 Å². The zero-order valence-electron chi connectivity index (χ0n) is 23.9. The third-order valence-corrected chi connectivity index (χ3v) is 9.86. The van der Waals surface area contributed by atoms with Crippen molar-refractivity contribution in [3.05, 3.63) is 48.2 Å². The maximum atomic E-state index is 13.5. The van der Waals surface area contributed by atoms with Crippen molar-refractivity contribution in [1.29, 1.82) is 0 Å². The zero-order valence-corrected chi connectivity index (χ0v) is 23.9. The van der Waals surface area contributed by atoms with E-state index in [9.17, 15) is 23.1 Å². The van der Waals surface area contributed by atoms with Gasteiger partial charge in [0.1, 0.15) is 12.3 Å². The number of hydrogen-bond acceptors (Lipinski definition) is 7. The van der Waals surface area contributed by atoms with E-state index in [4.69, 9.17) is 15.2 Å². The number of aliphatic hydroxyl groups excluding tert-OH is 1. The van der Waals surface area contributed by atoms with Crippen molar-refractivity contribution < 1.29 is 32.5 Å². The molecule has 11 heteroatoms. The average Bonchev–Trinajstić information content (AvgIpc) is 3.61. The number of aromatic nitrogens is 1. The van der Waals surface area contributed by atoms with Crippen LogP contribution >= 0.6 is 0 Å². The molecule has 3 N–H and O–H groups in total. The number of piperidine rings is 1. The number of nitrogens with two attached hydrogens (primary N) is 1. The number of epoxide rings is 1. The SMILES string of the molecule is C[C@@]1(C2OC2N)C[C@@H](O)CN1C(=O)c1ccc(-c2ccc(OCC3CCN(CC4(C(F)(F)F)CCC4)CC3)nc2)cc1. The Kier molecular flexibility index (Phi) is 7.74. The van der Waals surface area contributed by atoms with Crippen LogP contribution in [0.3, 0.4) is 0 Å². The number of hydrogen-bond donors (Lipinski definition) is 2. The summed E-state index contributed by atoms with van der Waals surface area (Å²) in [5, 5.41) is 10.3. The third kappa shape index (κ3) is 5.64. The summed E-state index contributed by atoms with van der Waals surface area (Å²) in [6.07, 6.45) is -0.489. The number of β-amino-alcohol motifs (C(OH)–C–C–N with tert-alkyl or cyclic N) is 1. The molecule has 1 aromatic heterocycles. The summed E-state index contributed by atoms with van der Waals surface area (Å²) in [7, 11) is 0. The van der Waals surface area contributed by atoms with Gasteiger partial charge >= 0.3 is 6.18 Å². The lowest BCUT2D eigenvalue weighted by molar-refractivity contribution is -0.256. The number of benzene rings is 1. The highest BCUT2D eigenvalue weighted by molar-refractivity contribution is 5.95. The first-order chi connectivity index (χ1) is 20.0. The number of aliphatic hydroxyl groups is 1. The number of halogens is 3. The van der Waals surface area contributed by atoms with Gasteiger partial charge in [0.25, 0.3) is 5.91 Å². The van der Waals surface area contributed by atoms with Crippen LogP contribution in [0, 0.1) is 11.3 Å². The molecule has 4 fully saturated rings. The van der Waals surface area contributed by atoms with Crippen molar-refractivity contribution in [2.75, 3.05) is 32.8 Å². The molecule has 4 heterocycles. The van der Waals surface area contributed by atoms with Crippen LogP contribution in [-0.2, 0) is 4.74 Å². The fraction of sp³-hybridized carbons (Fsp3) is 0.613. The summed E-state index contributed by atoms with van der Waals surface area (Å²) in [4.78, 5) is 21.4. The average molecular weight is 589 g/mol. The van der Waals surface area contributed by atoms with Crippen LogP contribution in [0.4, 0.5) is 13.2 Å². The minimum Gasteiger partial charge on any atom is -0.477 e. The van der Waals surface area contributed by atoms with E-state index in [-0.39, 0.29) is 43.9 Å². The molecule has 42 heavy (non-hydrogen) atoms. The number of rotatable bonds is 8. The molecule has 1 aromatic carbocycles. The van der Waals surface area contributed by atoms with E-state index in [0.717, 1.165) is 24.0 Å². The lowest BCUT2D eigenvalue weighted by atomic mass is 9.67. The summed E-state index contributed by atoms with van der Waals surface area (Å²) in [6, 6.07) is 11.0. The number of ether oxygens (including phenoxy) is 2. The van der Waals surface area contributed by atoms with E-state index < -0.39 is 29.5 Å². The van der Waals surface area contributed by atoms with Gasteiger partial charge in [-0.2, -0.15) is 13.2 Å². The van der Waals surface area contributed by atoms with E-state index in [0.29, 0.717) is 44.0 Å². The van der Waals surface area contributed by atoms with Gasteiger partial charge in [0.15, 0.2) is 0 Å². The van der Waals surface area contributed by atoms with Crippen LogP contribution in [0.1, 0.15) is 55.8 Å². The van der Waals surface area contributed by atoms with Crippen LogP contribution in [-0.4, -0.2) is 88.7 Å². The van der Waals surface area contributed by atoms with Gasteiger partial charge in [-0.3, -0.25) is 4.79 Å². The topological polar surface area (TPSA) is 104 Å². The summed E-state index contributed by atoms with van der Waals surface area (Å²) in [5.74, 6) is 0.626. The molecule has 3 saturated heterocycles. The van der Waals surface area contributed by atoms with Crippen LogP contribution in [0.2, 0.25) is 0 Å². The summed E-state index contributed by atoms with van der Waals surface area (Å²) in [6.45, 7) is 4.09. The van der Waals surface area contributed by atoms with E-state index in [2.05, 4.69) is 4.98 Å². The minimum absolute atomic E-state index is 0.118. The highest BCUT2D eigenvalue weighted by atomic mass is 19.4. The molecule has 4 aliphatic rings. The van der Waals surface area contributed by atoms with Gasteiger partial charge in [-0.15, -0.1) is 0 Å². The molecule has 8 nitrogen and oxygen atoms in total. The quantitative estimate of drug-likeness (QED) is 0.445. The fourth-order valence-corrected chi connectivity index (χ4v) is 6.95. The van der Waals surface area contributed by atoms with E-state index in [1.54, 1.807) is 23.2 Å². The van der Waals surface area contributed by atoms with Crippen LogP contribution < -0.4 is 10.5 Å². The van der Waals surface area contributed by atoms with E-state index in [1.807, 2.05) is 36.1 Å². The normalized spacial score (nSPS) is 29.8. The Morgan fingerprint density at radius 3 is 2.36 bits per heavy atom. The third-order valence-electron chi connectivity index (χ3n) is 9.86. The number of pyridine rings is 1. The molecule has 2 unspecified atom stereocenters. The molecular weight excluding hydrogens is 549 g/mol. The predicted octanol–water partition coefficient (Wildman–Crippen LogP) is 4.22. The molecular formula is C31H39F3N4O4. The molecule has 0 spiro atoms. The Bertz CT molecular complexity index is 1260. The Hall–Kier alpha value is -2.73. The number of amides is 1. The Labute approximate surface area is 244 Å². The molecule has 4 atom stereocenters. The van der Waals surface area contributed by atoms with Gasteiger partial charge in [-0.1, -0.05) is 18.6 Å². The summed E-state index contributed by atoms with van der Waals surface area (Å²) < 4.78 is 52.0. The van der Waals surface area contributed by atoms with Gasteiger partial charge < -0.3 is 30.1 Å². The Morgan fingerprint density at radius 1 is 1.14 bits per heavy atom. The first kappa shape index (κ1) is 29.3. The molecule has 2 aromatic rings. The maximum Gasteiger partial charge on any atom is 0.395 e. The minimum atomic E-state index is -4.12. The molecule has 0 radical (unpaired) electrons. The molecule has 1 amide bonds. The fourth-order valence-electron chi connectivity index (χ4n) is 6.95. The number of carbonyl (C=O) groups is 1. The summed E-state index contributed by atoms with van der Waals surface area (Å²) >= 11 is 0. The van der Waals surface area contributed by atoms with E-state index in [1.165, 1.54) is 0 Å². The smallest absolute Gasteiger partial charge is 0.395 e. The molecule has 3 aliphatic heterocycles. The van der Waals surface area contributed by atoms with Crippen molar-refractivity contribution in [3.63, 3.8) is 0 Å². The number of carbonyl (C=O) groups excluding carboxylic acids is 1. The van der Waals surface area contributed by atoms with Crippen molar-refractivity contribution in [1.82, 2.24) is 14.8 Å². The molecule has 0 bridgehead atoms. The largest absolute Gasteiger partial charge is 0.477 e. The monoisotopic (exact) mass is 588 g/mol. The van der Waals surface area contributed by atoms with E-state index >= 15 is 0 Å². The van der Waals surface area contributed by atoms with Gasteiger partial charge in [-0.25, -0.2) is 4.98 Å². The molecule has 1 saturated carbocycles. The maximum absolute atomic E-state index is 13.5. The van der Waals surface area contributed by atoms with Crippen molar-refractivity contribution in [2.45, 2.75) is 75.6 Å². The number of nitrogens with zero attached hydrogens (tertiary/aromatic N) is 3. The summed E-state index contributed by atoms with van der Waals surface area (Å²) in [5.41, 5.74) is 6.04. The lowest BCUT2D eigenvalue weighted by Gasteiger charge is -2.47. The Morgan fingerprint density at radius 2 is 1.81 bits per heavy atom. The van der Waals surface area contributed by atoms with Gasteiger partial charge in [-0.05, 0) is 75.4 Å². The first-order valence-corrected chi connectivity index (χ1v) is 14.9. The Balaban J connectivity index is 0.993. The molecule has 1 aliphatic carbocycles. The highest BCUT2D eigenvalue weighted by Crippen LogP contribution is 2.53. The second kappa shape index (κ2) is 11.1. The molecule has 228 valence electrons. The lowest BCUT2D eigenvalue weighted by Crippen LogP contribution is -2.53. The number of likely N-dealkylation sites (tertiary alicyclic amines) is 2. The zero-order chi connectivity index (χ0) is 29.7. The van der Waals surface area contributed by atoms with Crippen LogP contribution in [0.25, 0.3) is 11.1 Å². The van der Waals surface area contributed by atoms with Gasteiger partial charge in [0.2, 0.25) is 5.88 Å². The second-order valence-corrected chi connectivity index (χ2v) is 12.8. The number of alkyl halides is 3.